The van der Waals surface area contributed by atoms with Gasteiger partial charge < -0.3 is 19.9 Å². The Morgan fingerprint density at radius 2 is 1.69 bits per heavy atom. The summed E-state index contributed by atoms with van der Waals surface area (Å²) in [6.45, 7) is 7.14. The third-order valence-corrected chi connectivity index (χ3v) is 6.21. The van der Waals surface area contributed by atoms with Gasteiger partial charge >= 0.3 is 0 Å². The van der Waals surface area contributed by atoms with Crippen molar-refractivity contribution in [3.05, 3.63) is 45.9 Å². The summed E-state index contributed by atoms with van der Waals surface area (Å²) in [6.07, 6.45) is 2.13. The average Bonchev–Trinajstić information content (AvgIpc) is 2.75. The summed E-state index contributed by atoms with van der Waals surface area (Å²) in [6, 6.07) is 7.64. The summed E-state index contributed by atoms with van der Waals surface area (Å²) in [5.41, 5.74) is 2.01. The molecule has 0 radical (unpaired) electrons. The fraction of sp³-hybridized carbons (Fsp3) is 0.545. The fourth-order valence-electron chi connectivity index (χ4n) is 4.50. The Morgan fingerprint density at radius 3 is 2.41 bits per heavy atom. The number of hydrogen-bond acceptors (Lipinski definition) is 5. The van der Waals surface area contributed by atoms with E-state index in [2.05, 4.69) is 14.8 Å². The summed E-state index contributed by atoms with van der Waals surface area (Å²) >= 11 is 0. The highest BCUT2D eigenvalue weighted by Gasteiger charge is 2.24. The van der Waals surface area contributed by atoms with Crippen molar-refractivity contribution >= 4 is 16.7 Å². The second kappa shape index (κ2) is 9.07. The van der Waals surface area contributed by atoms with Gasteiger partial charge in [-0.3, -0.25) is 14.5 Å². The Bertz CT molecular complexity index is 918. The van der Waals surface area contributed by atoms with Crippen LogP contribution < -0.4 is 5.56 Å². The van der Waals surface area contributed by atoms with Crippen LogP contribution in [0.4, 0.5) is 0 Å². The van der Waals surface area contributed by atoms with Crippen molar-refractivity contribution in [2.24, 2.45) is 0 Å². The number of rotatable bonds is 6. The van der Waals surface area contributed by atoms with Crippen molar-refractivity contribution < 1.29 is 9.90 Å². The number of fused-ring (bicyclic) bond motifs is 3. The average molecular weight is 399 g/mol. The largest absolute Gasteiger partial charge is 0.395 e. The molecule has 0 aliphatic carbocycles. The van der Waals surface area contributed by atoms with Gasteiger partial charge in [0, 0.05) is 69.7 Å². The van der Waals surface area contributed by atoms with Crippen LogP contribution in [0.25, 0.3) is 10.8 Å². The molecule has 4 rings (SSSR count). The van der Waals surface area contributed by atoms with Gasteiger partial charge in [0.05, 0.1) is 6.61 Å². The van der Waals surface area contributed by atoms with Gasteiger partial charge in [0.1, 0.15) is 0 Å². The highest BCUT2D eigenvalue weighted by molar-refractivity contribution is 5.86. The molecule has 0 saturated carbocycles. The summed E-state index contributed by atoms with van der Waals surface area (Å²) in [7, 11) is 0. The van der Waals surface area contributed by atoms with Gasteiger partial charge in [-0.1, -0.05) is 18.2 Å². The molecular formula is C22H30N4O3. The van der Waals surface area contributed by atoms with Gasteiger partial charge in [0.2, 0.25) is 5.91 Å². The molecular weight excluding hydrogens is 368 g/mol. The first-order valence-electron chi connectivity index (χ1n) is 10.6. The van der Waals surface area contributed by atoms with Gasteiger partial charge in [-0.2, -0.15) is 0 Å². The molecule has 1 aromatic heterocycles. The highest BCUT2D eigenvalue weighted by Crippen LogP contribution is 2.24. The van der Waals surface area contributed by atoms with E-state index in [9.17, 15) is 9.59 Å². The molecule has 1 fully saturated rings. The first-order chi connectivity index (χ1) is 14.2. The van der Waals surface area contributed by atoms with Crippen molar-refractivity contribution in [2.75, 3.05) is 52.4 Å². The number of carbonyl (C=O) groups excluding carboxylic acids is 1. The number of aromatic amines is 1. The Hall–Kier alpha value is -2.22. The van der Waals surface area contributed by atoms with E-state index < -0.39 is 0 Å². The zero-order valence-corrected chi connectivity index (χ0v) is 16.9. The van der Waals surface area contributed by atoms with Crippen LogP contribution in [0.5, 0.6) is 0 Å². The van der Waals surface area contributed by atoms with Crippen LogP contribution in [-0.2, 0) is 17.8 Å². The molecule has 3 heterocycles. The summed E-state index contributed by atoms with van der Waals surface area (Å²) in [4.78, 5) is 34.7. The van der Waals surface area contributed by atoms with Crippen LogP contribution in [0.1, 0.15) is 24.1 Å². The monoisotopic (exact) mass is 398 g/mol. The van der Waals surface area contributed by atoms with Gasteiger partial charge in [0.25, 0.3) is 5.56 Å². The second-order valence-electron chi connectivity index (χ2n) is 8.03. The van der Waals surface area contributed by atoms with Crippen molar-refractivity contribution in [3.63, 3.8) is 0 Å². The third kappa shape index (κ3) is 4.52. The predicted octanol–water partition coefficient (Wildman–Crippen LogP) is 0.803. The molecule has 2 aromatic rings. The molecule has 0 unspecified atom stereocenters. The molecule has 1 saturated heterocycles. The number of nitrogens with one attached hydrogen (secondary N) is 1. The van der Waals surface area contributed by atoms with Gasteiger partial charge in [-0.15, -0.1) is 0 Å². The molecule has 2 N–H and O–H groups in total. The standard InChI is InChI=1S/C22H30N4O3/c27-15-14-25-12-10-24(11-13-25)8-3-6-21(28)26-9-7-20-19(16-26)17-4-1-2-5-18(17)22(29)23-20/h1-2,4-5,27H,3,6-16H2,(H,23,29). The van der Waals surface area contributed by atoms with Crippen molar-refractivity contribution in [1.82, 2.24) is 19.7 Å². The molecule has 2 aliphatic heterocycles. The molecule has 156 valence electrons. The number of aromatic nitrogens is 1. The molecule has 2 aliphatic rings. The fourth-order valence-corrected chi connectivity index (χ4v) is 4.50. The Kier molecular flexibility index (Phi) is 6.28. The molecule has 29 heavy (non-hydrogen) atoms. The smallest absolute Gasteiger partial charge is 0.256 e. The van der Waals surface area contributed by atoms with Gasteiger partial charge in [-0.25, -0.2) is 0 Å². The molecule has 0 bridgehead atoms. The third-order valence-electron chi connectivity index (χ3n) is 6.21. The number of hydrogen-bond donors (Lipinski definition) is 2. The van der Waals surface area contributed by atoms with Gasteiger partial charge in [-0.05, 0) is 30.0 Å². The van der Waals surface area contributed by atoms with Crippen molar-refractivity contribution in [3.8, 4) is 0 Å². The molecule has 0 spiro atoms. The van der Waals surface area contributed by atoms with E-state index in [0.29, 0.717) is 31.3 Å². The quantitative estimate of drug-likeness (QED) is 0.753. The summed E-state index contributed by atoms with van der Waals surface area (Å²) in [5, 5.41) is 10.7. The topological polar surface area (TPSA) is 79.9 Å². The molecule has 7 heteroatoms. The maximum absolute atomic E-state index is 12.8. The zero-order chi connectivity index (χ0) is 20.2. The molecule has 0 atom stereocenters. The second-order valence-corrected chi connectivity index (χ2v) is 8.03. The summed E-state index contributed by atoms with van der Waals surface area (Å²) < 4.78 is 0. The van der Waals surface area contributed by atoms with E-state index in [-0.39, 0.29) is 18.1 Å². The van der Waals surface area contributed by atoms with Crippen molar-refractivity contribution in [2.45, 2.75) is 25.8 Å². The van der Waals surface area contributed by atoms with E-state index >= 15 is 0 Å². The lowest BCUT2D eigenvalue weighted by Gasteiger charge is -2.34. The number of H-pyrrole nitrogens is 1. The van der Waals surface area contributed by atoms with Gasteiger partial charge in [0.15, 0.2) is 0 Å². The van der Waals surface area contributed by atoms with Crippen LogP contribution in [0, 0.1) is 0 Å². The van der Waals surface area contributed by atoms with E-state index in [1.165, 1.54) is 0 Å². The van der Waals surface area contributed by atoms with E-state index in [1.54, 1.807) is 0 Å². The lowest BCUT2D eigenvalue weighted by atomic mass is 9.98. The van der Waals surface area contributed by atoms with Crippen LogP contribution in [0.2, 0.25) is 0 Å². The van der Waals surface area contributed by atoms with Crippen molar-refractivity contribution in [1.29, 1.82) is 0 Å². The number of carbonyl (C=O) groups is 1. The van der Waals surface area contributed by atoms with E-state index in [4.69, 9.17) is 5.11 Å². The lowest BCUT2D eigenvalue weighted by Crippen LogP contribution is -2.47. The van der Waals surface area contributed by atoms with E-state index in [0.717, 1.165) is 62.3 Å². The normalized spacial score (nSPS) is 18.2. The number of aliphatic hydroxyl groups is 1. The number of piperazine rings is 1. The van der Waals surface area contributed by atoms with Crippen LogP contribution in [-0.4, -0.2) is 83.1 Å². The van der Waals surface area contributed by atoms with E-state index in [1.807, 2.05) is 29.2 Å². The molecule has 1 amide bonds. The minimum atomic E-state index is -0.0433. The number of β-amino-alcohol motifs (C(OH)–C–C–N with tert-alkyl or cyclic N) is 1. The zero-order valence-electron chi connectivity index (χ0n) is 16.9. The molecule has 1 aromatic carbocycles. The predicted molar refractivity (Wildman–Crippen MR) is 113 cm³/mol. The number of amides is 1. The highest BCUT2D eigenvalue weighted by atomic mass is 16.3. The lowest BCUT2D eigenvalue weighted by molar-refractivity contribution is -0.132. The minimum absolute atomic E-state index is 0.0433. The number of benzene rings is 1. The number of aliphatic hydroxyl groups excluding tert-OH is 1. The Balaban J connectivity index is 1.31. The SMILES string of the molecule is O=C(CCCN1CCN(CCO)CC1)N1CCc2[nH]c(=O)c3ccccc3c2C1. The first-order valence-corrected chi connectivity index (χ1v) is 10.6. The Morgan fingerprint density at radius 1 is 1.00 bits per heavy atom. The Labute approximate surface area is 170 Å². The molecule has 7 nitrogen and oxygen atoms in total. The number of nitrogens with zero attached hydrogens (tertiary/aromatic N) is 3. The number of pyridine rings is 1. The van der Waals surface area contributed by atoms with Crippen LogP contribution in [0.3, 0.4) is 0 Å². The first kappa shape index (κ1) is 20.1. The minimum Gasteiger partial charge on any atom is -0.395 e. The summed E-state index contributed by atoms with van der Waals surface area (Å²) in [5.74, 6) is 0.199. The van der Waals surface area contributed by atoms with Crippen LogP contribution in [0.15, 0.2) is 29.1 Å². The van der Waals surface area contributed by atoms with Crippen LogP contribution >= 0.6 is 0 Å². The maximum atomic E-state index is 12.8. The maximum Gasteiger partial charge on any atom is 0.256 e.